The molecule has 1 unspecified atom stereocenters. The Bertz CT molecular complexity index is 969. The number of hydrogen-bond acceptors (Lipinski definition) is 6. The molecule has 3 heterocycles. The van der Waals surface area contributed by atoms with Gasteiger partial charge in [0.05, 0.1) is 17.7 Å². The van der Waals surface area contributed by atoms with Crippen molar-refractivity contribution in [3.63, 3.8) is 0 Å². The van der Waals surface area contributed by atoms with Crippen molar-refractivity contribution in [3.8, 4) is 17.2 Å². The molecule has 1 saturated heterocycles. The second kappa shape index (κ2) is 7.19. The summed E-state index contributed by atoms with van der Waals surface area (Å²) >= 11 is 0. The van der Waals surface area contributed by atoms with Crippen LogP contribution in [-0.4, -0.2) is 45.1 Å². The van der Waals surface area contributed by atoms with Crippen LogP contribution in [0.15, 0.2) is 47.2 Å². The third-order valence-electron chi connectivity index (χ3n) is 4.64. The van der Waals surface area contributed by atoms with Gasteiger partial charge in [-0.25, -0.2) is 0 Å². The highest BCUT2D eigenvalue weighted by Crippen LogP contribution is 2.30. The summed E-state index contributed by atoms with van der Waals surface area (Å²) < 4.78 is 11.5. The Kier molecular flexibility index (Phi) is 4.58. The van der Waals surface area contributed by atoms with Gasteiger partial charge in [-0.2, -0.15) is 4.98 Å². The topological polar surface area (TPSA) is 81.4 Å². The van der Waals surface area contributed by atoms with E-state index in [0.29, 0.717) is 36.1 Å². The van der Waals surface area contributed by atoms with E-state index in [4.69, 9.17) is 9.26 Å². The number of nitrogens with zero attached hydrogens (tertiary/aromatic N) is 4. The van der Waals surface area contributed by atoms with Crippen LogP contribution >= 0.6 is 0 Å². The maximum atomic E-state index is 12.8. The zero-order valence-corrected chi connectivity index (χ0v) is 15.3. The molecule has 1 amide bonds. The number of hydrogen-bond donors (Lipinski definition) is 0. The molecule has 0 aliphatic carbocycles. The van der Waals surface area contributed by atoms with Gasteiger partial charge in [-0.3, -0.25) is 9.78 Å². The predicted molar refractivity (Wildman–Crippen MR) is 98.4 cm³/mol. The molecule has 1 atom stereocenters. The molecule has 0 radical (unpaired) electrons. The number of ether oxygens (including phenoxy) is 1. The second-order valence-electron chi connectivity index (χ2n) is 6.61. The van der Waals surface area contributed by atoms with Gasteiger partial charge in [-0.15, -0.1) is 0 Å². The lowest BCUT2D eigenvalue weighted by molar-refractivity contribution is 0.0771. The average Bonchev–Trinajstić information content (AvgIpc) is 3.31. The molecule has 2 aromatic heterocycles. The van der Waals surface area contributed by atoms with Gasteiger partial charge in [0.25, 0.3) is 11.8 Å². The third-order valence-corrected chi connectivity index (χ3v) is 4.64. The fraction of sp³-hybridized carbons (Fsp3) is 0.300. The Morgan fingerprint density at radius 1 is 1.26 bits per heavy atom. The van der Waals surface area contributed by atoms with Gasteiger partial charge in [0, 0.05) is 25.4 Å². The van der Waals surface area contributed by atoms with Gasteiger partial charge in [0.1, 0.15) is 11.9 Å². The molecule has 4 rings (SSSR count). The van der Waals surface area contributed by atoms with Crippen molar-refractivity contribution in [2.24, 2.45) is 0 Å². The maximum absolute atomic E-state index is 12.8. The monoisotopic (exact) mass is 364 g/mol. The number of rotatable bonds is 4. The largest absolute Gasteiger partial charge is 0.488 e. The number of aromatic nitrogens is 3. The lowest BCUT2D eigenvalue weighted by Crippen LogP contribution is -2.31. The van der Waals surface area contributed by atoms with Crippen molar-refractivity contribution >= 4 is 5.91 Å². The van der Waals surface area contributed by atoms with Gasteiger partial charge in [0.15, 0.2) is 5.82 Å². The number of benzene rings is 1. The maximum Gasteiger partial charge on any atom is 0.261 e. The minimum absolute atomic E-state index is 0.00693. The molecule has 0 bridgehead atoms. The average molecular weight is 364 g/mol. The molecule has 1 aromatic carbocycles. The van der Waals surface area contributed by atoms with E-state index in [1.807, 2.05) is 42.2 Å². The van der Waals surface area contributed by atoms with E-state index in [1.165, 1.54) is 0 Å². The number of aryl methyl sites for hydroxylation is 2. The van der Waals surface area contributed by atoms with Crippen molar-refractivity contribution < 1.29 is 14.1 Å². The number of carbonyl (C=O) groups excluding carboxylic acids is 1. The van der Waals surface area contributed by atoms with Crippen LogP contribution in [0.1, 0.15) is 28.2 Å². The molecule has 138 valence electrons. The Balaban J connectivity index is 1.48. The van der Waals surface area contributed by atoms with E-state index in [9.17, 15) is 4.79 Å². The molecule has 27 heavy (non-hydrogen) atoms. The van der Waals surface area contributed by atoms with E-state index in [2.05, 4.69) is 15.1 Å². The first-order valence-corrected chi connectivity index (χ1v) is 8.88. The second-order valence-corrected chi connectivity index (χ2v) is 6.61. The molecule has 1 aliphatic rings. The summed E-state index contributed by atoms with van der Waals surface area (Å²) in [5.74, 6) is 1.68. The highest BCUT2D eigenvalue weighted by molar-refractivity contribution is 5.95. The molecule has 3 aromatic rings. The van der Waals surface area contributed by atoms with Crippen LogP contribution in [0.3, 0.4) is 0 Å². The standard InChI is InChI=1S/C20H20N4O3/c1-13-7-9-21-11-17(13)20(25)24-10-8-15(12-24)26-18-6-4-3-5-16(18)19-22-14(2)23-27-19/h3-7,9,11,15H,8,10,12H2,1-2H3. The third kappa shape index (κ3) is 3.53. The van der Waals surface area contributed by atoms with Gasteiger partial charge < -0.3 is 14.2 Å². The van der Waals surface area contributed by atoms with E-state index in [0.717, 1.165) is 17.5 Å². The van der Waals surface area contributed by atoms with E-state index < -0.39 is 0 Å². The fourth-order valence-electron chi connectivity index (χ4n) is 3.20. The lowest BCUT2D eigenvalue weighted by Gasteiger charge is -2.18. The van der Waals surface area contributed by atoms with Crippen LogP contribution in [0.5, 0.6) is 5.75 Å². The van der Waals surface area contributed by atoms with Crippen molar-refractivity contribution in [2.75, 3.05) is 13.1 Å². The highest BCUT2D eigenvalue weighted by Gasteiger charge is 2.29. The summed E-state index contributed by atoms with van der Waals surface area (Å²) in [6.45, 7) is 4.88. The SMILES string of the molecule is Cc1noc(-c2ccccc2OC2CCN(C(=O)c3cnccc3C)C2)n1. The van der Waals surface area contributed by atoms with Crippen LogP contribution in [0.2, 0.25) is 0 Å². The number of carbonyl (C=O) groups is 1. The normalized spacial score (nSPS) is 16.5. The van der Waals surface area contributed by atoms with Gasteiger partial charge in [-0.1, -0.05) is 17.3 Å². The molecule has 7 heteroatoms. The molecular formula is C20H20N4O3. The van der Waals surface area contributed by atoms with Crippen LogP contribution in [-0.2, 0) is 0 Å². The fourth-order valence-corrected chi connectivity index (χ4v) is 3.20. The smallest absolute Gasteiger partial charge is 0.261 e. The van der Waals surface area contributed by atoms with Crippen LogP contribution in [0.25, 0.3) is 11.5 Å². The lowest BCUT2D eigenvalue weighted by atomic mass is 10.1. The molecule has 0 N–H and O–H groups in total. The quantitative estimate of drug-likeness (QED) is 0.708. The highest BCUT2D eigenvalue weighted by atomic mass is 16.5. The summed E-state index contributed by atoms with van der Waals surface area (Å²) in [5.41, 5.74) is 2.32. The van der Waals surface area contributed by atoms with Crippen LogP contribution in [0.4, 0.5) is 0 Å². The zero-order valence-electron chi connectivity index (χ0n) is 15.3. The van der Waals surface area contributed by atoms with E-state index >= 15 is 0 Å². The van der Waals surface area contributed by atoms with Crippen LogP contribution in [0, 0.1) is 13.8 Å². The van der Waals surface area contributed by atoms with Crippen LogP contribution < -0.4 is 4.74 Å². The zero-order chi connectivity index (χ0) is 18.8. The van der Waals surface area contributed by atoms with E-state index in [1.54, 1.807) is 19.3 Å². The Hall–Kier alpha value is -3.22. The summed E-state index contributed by atoms with van der Waals surface area (Å²) in [6, 6.07) is 9.42. The predicted octanol–water partition coefficient (Wildman–Crippen LogP) is 3.04. The molecule has 7 nitrogen and oxygen atoms in total. The van der Waals surface area contributed by atoms with Crippen molar-refractivity contribution in [1.82, 2.24) is 20.0 Å². The minimum Gasteiger partial charge on any atom is -0.488 e. The summed E-state index contributed by atoms with van der Waals surface area (Å²) in [5, 5.41) is 3.84. The van der Waals surface area contributed by atoms with Crippen molar-refractivity contribution in [1.29, 1.82) is 0 Å². The Labute approximate surface area is 157 Å². The molecule has 1 aliphatic heterocycles. The Morgan fingerprint density at radius 3 is 2.89 bits per heavy atom. The number of amides is 1. The summed E-state index contributed by atoms with van der Waals surface area (Å²) in [6.07, 6.45) is 4.00. The molecule has 0 saturated carbocycles. The van der Waals surface area contributed by atoms with Crippen molar-refractivity contribution in [3.05, 3.63) is 59.7 Å². The molecule has 0 spiro atoms. The molecule has 1 fully saturated rings. The van der Waals surface area contributed by atoms with E-state index in [-0.39, 0.29) is 12.0 Å². The van der Waals surface area contributed by atoms with Gasteiger partial charge >= 0.3 is 0 Å². The number of likely N-dealkylation sites (tertiary alicyclic amines) is 1. The first-order chi connectivity index (χ1) is 13.1. The first kappa shape index (κ1) is 17.2. The minimum atomic E-state index is -0.0869. The van der Waals surface area contributed by atoms with Gasteiger partial charge in [0.2, 0.25) is 0 Å². The number of para-hydroxylation sites is 1. The number of pyridine rings is 1. The first-order valence-electron chi connectivity index (χ1n) is 8.88. The van der Waals surface area contributed by atoms with Gasteiger partial charge in [-0.05, 0) is 37.6 Å². The van der Waals surface area contributed by atoms with Crippen molar-refractivity contribution in [2.45, 2.75) is 26.4 Å². The summed E-state index contributed by atoms with van der Waals surface area (Å²) in [7, 11) is 0. The molecular weight excluding hydrogens is 344 g/mol. The Morgan fingerprint density at radius 2 is 2.11 bits per heavy atom. The summed E-state index contributed by atoms with van der Waals surface area (Å²) in [4.78, 5) is 22.9.